The third-order valence-corrected chi connectivity index (χ3v) is 4.80. The molecular weight excluding hydrogens is 346 g/mol. The third kappa shape index (κ3) is 4.15. The van der Waals surface area contributed by atoms with Crippen LogP contribution in [0.1, 0.15) is 27.0 Å². The lowest BCUT2D eigenvalue weighted by Gasteiger charge is -2.04. The molecule has 3 aromatic rings. The molecular formula is C20H19N3O2S. The number of rotatable bonds is 5. The van der Waals surface area contributed by atoms with Crippen LogP contribution in [0.2, 0.25) is 0 Å². The summed E-state index contributed by atoms with van der Waals surface area (Å²) >= 11 is 1.46. The van der Waals surface area contributed by atoms with E-state index in [9.17, 15) is 4.79 Å². The van der Waals surface area contributed by atoms with Crippen LogP contribution in [0, 0.1) is 13.8 Å². The molecule has 6 heteroatoms. The van der Waals surface area contributed by atoms with Crippen molar-refractivity contribution in [3.05, 3.63) is 70.9 Å². The minimum atomic E-state index is -0.193. The lowest BCUT2D eigenvalue weighted by molar-refractivity contribution is 0.102. The maximum absolute atomic E-state index is 12.4. The van der Waals surface area contributed by atoms with Crippen molar-refractivity contribution < 1.29 is 9.63 Å². The van der Waals surface area contributed by atoms with Crippen molar-refractivity contribution in [3.63, 3.8) is 0 Å². The van der Waals surface area contributed by atoms with Crippen LogP contribution in [0.15, 0.2) is 53.8 Å². The molecule has 26 heavy (non-hydrogen) atoms. The monoisotopic (exact) mass is 365 g/mol. The molecule has 0 aliphatic rings. The number of carbonyl (C=O) groups excluding carboxylic acids is 1. The van der Waals surface area contributed by atoms with Gasteiger partial charge in [0.25, 0.3) is 5.91 Å². The quantitative estimate of drug-likeness (QED) is 0.528. The average Bonchev–Trinajstić information content (AvgIpc) is 3.08. The van der Waals surface area contributed by atoms with Crippen LogP contribution in [-0.4, -0.2) is 24.2 Å². The fourth-order valence-corrected chi connectivity index (χ4v) is 3.45. The summed E-state index contributed by atoms with van der Waals surface area (Å²) < 4.78 is 0. The Bertz CT molecular complexity index is 946. The lowest BCUT2D eigenvalue weighted by Crippen LogP contribution is -2.11. The zero-order valence-electron chi connectivity index (χ0n) is 14.8. The first-order valence-electron chi connectivity index (χ1n) is 8.08. The Morgan fingerprint density at radius 2 is 1.96 bits per heavy atom. The van der Waals surface area contributed by atoms with E-state index < -0.39 is 0 Å². The Balaban J connectivity index is 1.72. The van der Waals surface area contributed by atoms with Crippen LogP contribution in [0.4, 0.5) is 5.13 Å². The van der Waals surface area contributed by atoms with E-state index in [0.717, 1.165) is 16.0 Å². The van der Waals surface area contributed by atoms with Crippen molar-refractivity contribution in [2.24, 2.45) is 5.16 Å². The number of amides is 1. The predicted molar refractivity (Wildman–Crippen MR) is 106 cm³/mol. The summed E-state index contributed by atoms with van der Waals surface area (Å²) in [4.78, 5) is 22.4. The number of nitrogens with zero attached hydrogens (tertiary/aromatic N) is 2. The minimum absolute atomic E-state index is 0.193. The van der Waals surface area contributed by atoms with Gasteiger partial charge in [0.2, 0.25) is 0 Å². The highest BCUT2D eigenvalue weighted by Gasteiger charge is 2.11. The summed E-state index contributed by atoms with van der Waals surface area (Å²) in [6.45, 7) is 4.15. The number of hydrogen-bond acceptors (Lipinski definition) is 5. The van der Waals surface area contributed by atoms with E-state index in [1.54, 1.807) is 36.7 Å². The minimum Gasteiger partial charge on any atom is -0.399 e. The van der Waals surface area contributed by atoms with Gasteiger partial charge < -0.3 is 4.84 Å². The first kappa shape index (κ1) is 17.8. The normalized spacial score (nSPS) is 10.9. The molecule has 5 nitrogen and oxygen atoms in total. The molecule has 0 saturated heterocycles. The number of nitrogens with one attached hydrogen (secondary N) is 1. The van der Waals surface area contributed by atoms with Gasteiger partial charge in [-0.1, -0.05) is 52.4 Å². The van der Waals surface area contributed by atoms with Gasteiger partial charge in [-0.25, -0.2) is 4.98 Å². The van der Waals surface area contributed by atoms with Crippen molar-refractivity contribution in [1.29, 1.82) is 0 Å². The van der Waals surface area contributed by atoms with Crippen molar-refractivity contribution in [1.82, 2.24) is 4.98 Å². The summed E-state index contributed by atoms with van der Waals surface area (Å²) in [7, 11) is 1.48. The number of thiazole rings is 1. The number of aryl methyl sites for hydroxylation is 2. The fraction of sp³-hybridized carbons (Fsp3) is 0.150. The number of anilines is 1. The number of oxime groups is 1. The number of benzene rings is 2. The van der Waals surface area contributed by atoms with Gasteiger partial charge >= 0.3 is 0 Å². The molecule has 2 aromatic carbocycles. The first-order chi connectivity index (χ1) is 12.6. The second-order valence-corrected chi connectivity index (χ2v) is 6.87. The highest BCUT2D eigenvalue weighted by atomic mass is 32.1. The second kappa shape index (κ2) is 7.93. The summed E-state index contributed by atoms with van der Waals surface area (Å²) in [5, 5.41) is 7.13. The Labute approximate surface area is 156 Å². The van der Waals surface area contributed by atoms with E-state index in [-0.39, 0.29) is 5.91 Å². The van der Waals surface area contributed by atoms with Crippen molar-refractivity contribution in [2.75, 3.05) is 12.4 Å². The molecule has 1 heterocycles. The molecule has 132 valence electrons. The summed E-state index contributed by atoms with van der Waals surface area (Å²) in [5.41, 5.74) is 4.97. The largest absolute Gasteiger partial charge is 0.399 e. The van der Waals surface area contributed by atoms with Gasteiger partial charge in [0, 0.05) is 11.8 Å². The van der Waals surface area contributed by atoms with Crippen LogP contribution in [0.25, 0.3) is 10.4 Å². The topological polar surface area (TPSA) is 63.6 Å². The molecule has 0 unspecified atom stereocenters. The van der Waals surface area contributed by atoms with Gasteiger partial charge in [0.1, 0.15) is 7.11 Å². The van der Waals surface area contributed by atoms with E-state index in [0.29, 0.717) is 10.7 Å². The summed E-state index contributed by atoms with van der Waals surface area (Å²) in [5.74, 6) is -0.193. The molecule has 0 aliphatic heterocycles. The van der Waals surface area contributed by atoms with Gasteiger partial charge in [0.05, 0.1) is 11.1 Å². The zero-order chi connectivity index (χ0) is 18.5. The molecule has 0 aliphatic carbocycles. The Hall–Kier alpha value is -2.99. The maximum atomic E-state index is 12.4. The van der Waals surface area contributed by atoms with Crippen molar-refractivity contribution in [3.8, 4) is 10.4 Å². The van der Waals surface area contributed by atoms with Crippen LogP contribution < -0.4 is 5.32 Å². The molecule has 1 amide bonds. The standard InChI is InChI=1S/C20H19N3O2S/c1-13-4-9-17(14(2)10-13)18-12-21-20(26-18)23-19(24)16-7-5-15(6-8-16)11-22-25-3/h4-12H,1-3H3,(H,21,23,24)/b22-11+. The molecule has 0 saturated carbocycles. The Kier molecular flexibility index (Phi) is 5.43. The first-order valence-corrected chi connectivity index (χ1v) is 8.90. The number of aromatic nitrogens is 1. The van der Waals surface area contributed by atoms with Crippen molar-refractivity contribution in [2.45, 2.75) is 13.8 Å². The van der Waals surface area contributed by atoms with Crippen molar-refractivity contribution >= 4 is 28.6 Å². The van der Waals surface area contributed by atoms with E-state index in [1.165, 1.54) is 29.6 Å². The average molecular weight is 365 g/mol. The fourth-order valence-electron chi connectivity index (χ4n) is 2.55. The molecule has 0 atom stereocenters. The highest BCUT2D eigenvalue weighted by Crippen LogP contribution is 2.31. The van der Waals surface area contributed by atoms with Gasteiger partial charge in [-0.15, -0.1) is 0 Å². The van der Waals surface area contributed by atoms with E-state index in [1.807, 2.05) is 0 Å². The van der Waals surface area contributed by atoms with E-state index in [4.69, 9.17) is 0 Å². The van der Waals surface area contributed by atoms with E-state index in [2.05, 4.69) is 52.3 Å². The molecule has 1 N–H and O–H groups in total. The lowest BCUT2D eigenvalue weighted by atomic mass is 10.1. The van der Waals surface area contributed by atoms with Gasteiger partial charge in [-0.3, -0.25) is 10.1 Å². The van der Waals surface area contributed by atoms with Gasteiger partial charge in [-0.05, 0) is 42.7 Å². The molecule has 0 radical (unpaired) electrons. The van der Waals surface area contributed by atoms with Gasteiger partial charge in [-0.2, -0.15) is 0 Å². The van der Waals surface area contributed by atoms with Gasteiger partial charge in [0.15, 0.2) is 5.13 Å². The predicted octanol–water partition coefficient (Wildman–Crippen LogP) is 4.66. The zero-order valence-corrected chi connectivity index (χ0v) is 15.6. The Morgan fingerprint density at radius 1 is 1.19 bits per heavy atom. The summed E-state index contributed by atoms with van der Waals surface area (Å²) in [6.07, 6.45) is 3.38. The highest BCUT2D eigenvalue weighted by molar-refractivity contribution is 7.19. The summed E-state index contributed by atoms with van der Waals surface area (Å²) in [6, 6.07) is 13.4. The van der Waals surface area contributed by atoms with Crippen LogP contribution in [0.5, 0.6) is 0 Å². The third-order valence-electron chi connectivity index (χ3n) is 3.85. The molecule has 3 rings (SSSR count). The smallest absolute Gasteiger partial charge is 0.257 e. The SMILES string of the molecule is CO/N=C/c1ccc(C(=O)Nc2ncc(-c3ccc(C)cc3C)s2)cc1. The second-order valence-electron chi connectivity index (χ2n) is 5.84. The number of hydrogen-bond donors (Lipinski definition) is 1. The van der Waals surface area contributed by atoms with Crippen LogP contribution in [-0.2, 0) is 4.84 Å². The van der Waals surface area contributed by atoms with E-state index >= 15 is 0 Å². The Morgan fingerprint density at radius 3 is 2.65 bits per heavy atom. The molecule has 1 aromatic heterocycles. The van der Waals surface area contributed by atoms with Crippen LogP contribution in [0.3, 0.4) is 0 Å². The molecule has 0 spiro atoms. The molecule has 0 fully saturated rings. The maximum Gasteiger partial charge on any atom is 0.257 e. The number of carbonyl (C=O) groups is 1. The molecule has 0 bridgehead atoms. The van der Waals surface area contributed by atoms with Crippen LogP contribution >= 0.6 is 11.3 Å².